The Kier molecular flexibility index (Phi) is 4.85. The molecule has 0 aliphatic rings. The molecule has 0 aliphatic heterocycles. The summed E-state index contributed by atoms with van der Waals surface area (Å²) in [5, 5.41) is 0.378. The van der Waals surface area contributed by atoms with Crippen molar-refractivity contribution < 1.29 is 4.12 Å². The fourth-order valence-corrected chi connectivity index (χ4v) is 4.54. The topological polar surface area (TPSA) is 9.23 Å². The van der Waals surface area contributed by atoms with Crippen LogP contribution in [0.2, 0.25) is 11.6 Å². The van der Waals surface area contributed by atoms with Crippen LogP contribution >= 0.6 is 11.6 Å². The minimum atomic E-state index is -0.931. The van der Waals surface area contributed by atoms with Gasteiger partial charge in [-0.1, -0.05) is 13.8 Å². The van der Waals surface area contributed by atoms with Gasteiger partial charge in [-0.3, -0.25) is 0 Å². The van der Waals surface area contributed by atoms with Gasteiger partial charge in [-0.2, -0.15) is 0 Å². The van der Waals surface area contributed by atoms with E-state index in [9.17, 15) is 0 Å². The molecule has 1 nitrogen and oxygen atoms in total. The Balaban J connectivity index is 3.82. The highest BCUT2D eigenvalue weighted by atomic mass is 35.5. The van der Waals surface area contributed by atoms with Crippen molar-refractivity contribution in [1.29, 1.82) is 0 Å². The molecule has 0 spiro atoms. The molecule has 0 aromatic rings. The third-order valence-electron chi connectivity index (χ3n) is 2.19. The molecule has 0 rings (SSSR count). The van der Waals surface area contributed by atoms with Gasteiger partial charge >= 0.3 is 0 Å². The molecule has 0 bridgehead atoms. The predicted molar refractivity (Wildman–Crippen MR) is 53.4 cm³/mol. The Morgan fingerprint density at radius 1 is 1.60 bits per heavy atom. The molecule has 0 heterocycles. The van der Waals surface area contributed by atoms with Gasteiger partial charge in [0, 0.05) is 5.88 Å². The maximum absolute atomic E-state index is 5.67. The Labute approximate surface area is 73.4 Å². The van der Waals surface area contributed by atoms with E-state index in [1.54, 1.807) is 0 Å². The summed E-state index contributed by atoms with van der Waals surface area (Å²) in [6, 6.07) is 0. The Hall–Kier alpha value is 0.684. The van der Waals surface area contributed by atoms with Gasteiger partial charge in [0.05, 0.1) is 0 Å². The van der Waals surface area contributed by atoms with Crippen LogP contribution in [0.1, 0.15) is 20.3 Å². The van der Waals surface area contributed by atoms with Crippen LogP contribution in [0.25, 0.3) is 0 Å². The molecule has 4 heteroatoms. The van der Waals surface area contributed by atoms with Crippen LogP contribution in [0.5, 0.6) is 0 Å². The summed E-state index contributed by atoms with van der Waals surface area (Å²) in [4.78, 5) is 0. The first-order valence-corrected chi connectivity index (χ1v) is 7.19. The van der Waals surface area contributed by atoms with Crippen molar-refractivity contribution >= 4 is 31.1 Å². The second kappa shape index (κ2) is 4.54. The fourth-order valence-electron chi connectivity index (χ4n) is 0.766. The van der Waals surface area contributed by atoms with Crippen molar-refractivity contribution in [2.75, 3.05) is 5.88 Å². The smallest absolute Gasteiger partial charge is 0.164 e. The van der Waals surface area contributed by atoms with Crippen molar-refractivity contribution in [2.45, 2.75) is 31.9 Å². The summed E-state index contributed by atoms with van der Waals surface area (Å²) in [5.41, 5.74) is 0. The van der Waals surface area contributed by atoms with E-state index < -0.39 is 9.04 Å². The average molecular weight is 197 g/mol. The molecule has 0 radical (unpaired) electrons. The van der Waals surface area contributed by atoms with Gasteiger partial charge in [-0.05, 0) is 18.0 Å². The van der Waals surface area contributed by atoms with Crippen LogP contribution in [0, 0.1) is 0 Å². The molecule has 1 unspecified atom stereocenters. The van der Waals surface area contributed by atoms with Gasteiger partial charge in [0.15, 0.2) is 9.04 Å². The molecule has 0 aromatic heterocycles. The summed E-state index contributed by atoms with van der Waals surface area (Å²) in [7, 11) is -0.0514. The molecular formula is C6H17ClOSi2. The first-order valence-electron chi connectivity index (χ1n) is 3.63. The fraction of sp³-hybridized carbons (Fsp3) is 1.00. The Morgan fingerprint density at radius 2 is 2.10 bits per heavy atom. The summed E-state index contributed by atoms with van der Waals surface area (Å²) in [6.07, 6.45) is 1.09. The van der Waals surface area contributed by atoms with E-state index in [1.165, 1.54) is 0 Å². The zero-order valence-electron chi connectivity index (χ0n) is 7.28. The lowest BCUT2D eigenvalue weighted by molar-refractivity contribution is 0.525. The van der Waals surface area contributed by atoms with Crippen molar-refractivity contribution in [1.82, 2.24) is 0 Å². The Morgan fingerprint density at radius 3 is 2.40 bits per heavy atom. The highest BCUT2D eigenvalue weighted by molar-refractivity contribution is 6.57. The van der Waals surface area contributed by atoms with Gasteiger partial charge in [0.1, 0.15) is 10.5 Å². The predicted octanol–water partition coefficient (Wildman–Crippen LogP) is 1.05. The van der Waals surface area contributed by atoms with Gasteiger partial charge in [-0.25, -0.2) is 0 Å². The van der Waals surface area contributed by atoms with Crippen LogP contribution in [0.15, 0.2) is 0 Å². The lowest BCUT2D eigenvalue weighted by Crippen LogP contribution is -2.27. The largest absolute Gasteiger partial charge is 0.465 e. The number of alkyl halides is 1. The highest BCUT2D eigenvalue weighted by Gasteiger charge is 2.26. The molecule has 0 N–H and O–H groups in total. The third-order valence-corrected chi connectivity index (χ3v) is 7.70. The van der Waals surface area contributed by atoms with E-state index in [1.807, 2.05) is 0 Å². The van der Waals surface area contributed by atoms with E-state index >= 15 is 0 Å². The van der Waals surface area contributed by atoms with E-state index in [0.717, 1.165) is 22.8 Å². The first-order chi connectivity index (χ1) is 4.54. The van der Waals surface area contributed by atoms with Crippen molar-refractivity contribution in [3.05, 3.63) is 0 Å². The van der Waals surface area contributed by atoms with Gasteiger partial charge < -0.3 is 4.12 Å². The van der Waals surface area contributed by atoms with Crippen LogP contribution in [-0.2, 0) is 4.12 Å². The summed E-state index contributed by atoms with van der Waals surface area (Å²) in [6.45, 7) is 6.76. The summed E-state index contributed by atoms with van der Waals surface area (Å²) in [5.74, 6) is 0.759. The maximum Gasteiger partial charge on any atom is 0.164 e. The molecule has 1 atom stereocenters. The number of rotatable bonds is 4. The van der Waals surface area contributed by atoms with Crippen molar-refractivity contribution in [3.63, 3.8) is 0 Å². The minimum Gasteiger partial charge on any atom is -0.465 e. The summed E-state index contributed by atoms with van der Waals surface area (Å²) >= 11 is 5.67. The lowest BCUT2D eigenvalue weighted by atomic mass is 10.1. The van der Waals surface area contributed by atoms with Crippen LogP contribution < -0.4 is 0 Å². The molecule has 62 valence electrons. The normalized spacial score (nSPS) is 15.6. The van der Waals surface area contributed by atoms with Gasteiger partial charge in [-0.15, -0.1) is 11.6 Å². The second-order valence-corrected chi connectivity index (χ2v) is 8.42. The molecule has 0 saturated carbocycles. The van der Waals surface area contributed by atoms with E-state index in [-0.39, 0.29) is 0 Å². The van der Waals surface area contributed by atoms with E-state index in [2.05, 4.69) is 20.4 Å². The van der Waals surface area contributed by atoms with Crippen molar-refractivity contribution in [2.24, 2.45) is 0 Å². The Bertz CT molecular complexity index is 97.7. The number of hydrogen-bond donors (Lipinski definition) is 0. The minimum absolute atomic E-state index is 0.378. The zero-order chi connectivity index (χ0) is 8.20. The first kappa shape index (κ1) is 10.7. The van der Waals surface area contributed by atoms with E-state index in [4.69, 9.17) is 15.7 Å². The maximum atomic E-state index is 5.67. The lowest BCUT2D eigenvalue weighted by Gasteiger charge is -2.28. The molecule has 0 fully saturated rings. The van der Waals surface area contributed by atoms with E-state index in [0.29, 0.717) is 5.04 Å². The highest BCUT2D eigenvalue weighted by Crippen LogP contribution is 2.32. The zero-order valence-corrected chi connectivity index (χ0v) is 11.2. The summed E-state index contributed by atoms with van der Waals surface area (Å²) < 4.78 is 5.49. The van der Waals surface area contributed by atoms with Crippen LogP contribution in [-0.4, -0.2) is 25.4 Å². The molecular weight excluding hydrogens is 180 g/mol. The monoisotopic (exact) mass is 196 g/mol. The molecule has 0 aliphatic carbocycles. The molecule has 10 heavy (non-hydrogen) atoms. The quantitative estimate of drug-likeness (QED) is 0.483. The average Bonchev–Trinajstić information content (AvgIpc) is 1.86. The molecule has 0 amide bonds. The molecule has 0 saturated heterocycles. The SMILES string of the molecule is C[SiH](O[SiH3])C(C)(C)CCCl. The third kappa shape index (κ3) is 3.19. The van der Waals surface area contributed by atoms with Crippen molar-refractivity contribution in [3.8, 4) is 0 Å². The van der Waals surface area contributed by atoms with Crippen LogP contribution in [0.3, 0.4) is 0 Å². The van der Waals surface area contributed by atoms with Crippen LogP contribution in [0.4, 0.5) is 0 Å². The molecule has 0 aromatic carbocycles. The number of halogens is 1. The van der Waals surface area contributed by atoms with Gasteiger partial charge in [0.25, 0.3) is 0 Å². The van der Waals surface area contributed by atoms with Gasteiger partial charge in [0.2, 0.25) is 0 Å². The number of hydrogen-bond acceptors (Lipinski definition) is 1. The standard InChI is InChI=1S/C6H17ClOSi2/c1-6(2,4-5-7)10(3)8-9/h10H,4-5H2,1-3,9H3. The second-order valence-electron chi connectivity index (χ2n) is 3.31.